The fourth-order valence-corrected chi connectivity index (χ4v) is 3.52. The number of nitrogens with zero attached hydrogens (tertiary/aromatic N) is 2. The zero-order valence-corrected chi connectivity index (χ0v) is 13.8. The molecule has 0 spiro atoms. The van der Waals surface area contributed by atoms with E-state index in [1.54, 1.807) is 0 Å². The van der Waals surface area contributed by atoms with E-state index >= 15 is 0 Å². The van der Waals surface area contributed by atoms with E-state index in [9.17, 15) is 0 Å². The van der Waals surface area contributed by atoms with E-state index in [4.69, 9.17) is 5.73 Å². The van der Waals surface area contributed by atoms with Crippen LogP contribution in [0, 0.1) is 11.8 Å². The average Bonchev–Trinajstić information content (AvgIpc) is 2.33. The smallest absolute Gasteiger partial charge is 0.0334 e. The third kappa shape index (κ3) is 5.05. The van der Waals surface area contributed by atoms with Gasteiger partial charge in [0.05, 0.1) is 0 Å². The Morgan fingerprint density at radius 1 is 1.26 bits per heavy atom. The minimum atomic E-state index is 0.262. The van der Waals surface area contributed by atoms with Crippen molar-refractivity contribution >= 4 is 0 Å². The molecule has 0 aromatic rings. The summed E-state index contributed by atoms with van der Waals surface area (Å²) < 4.78 is 0. The van der Waals surface area contributed by atoms with Crippen molar-refractivity contribution in [2.24, 2.45) is 17.6 Å². The molecule has 3 heteroatoms. The summed E-state index contributed by atoms with van der Waals surface area (Å²) >= 11 is 0. The number of hydrogen-bond donors (Lipinski definition) is 1. The lowest BCUT2D eigenvalue weighted by Gasteiger charge is -2.49. The Hall–Kier alpha value is -0.120. The van der Waals surface area contributed by atoms with Crippen molar-refractivity contribution in [2.75, 3.05) is 40.3 Å². The summed E-state index contributed by atoms with van der Waals surface area (Å²) in [5, 5.41) is 0. The molecule has 2 N–H and O–H groups in total. The second kappa shape index (κ2) is 7.61. The van der Waals surface area contributed by atoms with Crippen LogP contribution in [-0.4, -0.2) is 55.6 Å². The van der Waals surface area contributed by atoms with E-state index < -0.39 is 0 Å². The van der Waals surface area contributed by atoms with Gasteiger partial charge in [0, 0.05) is 31.7 Å². The molecule has 0 bridgehead atoms. The second-order valence-corrected chi connectivity index (χ2v) is 7.27. The van der Waals surface area contributed by atoms with Crippen LogP contribution in [0.2, 0.25) is 0 Å². The van der Waals surface area contributed by atoms with Gasteiger partial charge in [0.1, 0.15) is 0 Å². The molecule has 0 aliphatic heterocycles. The Labute approximate surface area is 120 Å². The van der Waals surface area contributed by atoms with Crippen LogP contribution in [0.3, 0.4) is 0 Å². The van der Waals surface area contributed by atoms with E-state index in [2.05, 4.69) is 44.7 Å². The first kappa shape index (κ1) is 16.9. The van der Waals surface area contributed by atoms with Gasteiger partial charge >= 0.3 is 0 Å². The van der Waals surface area contributed by atoms with Crippen molar-refractivity contribution in [3.8, 4) is 0 Å². The molecule has 1 aliphatic rings. The fraction of sp³-hybridized carbons (Fsp3) is 1.00. The van der Waals surface area contributed by atoms with Gasteiger partial charge in [-0.1, -0.05) is 33.6 Å². The van der Waals surface area contributed by atoms with Crippen molar-refractivity contribution in [2.45, 2.75) is 52.0 Å². The molecule has 2 unspecified atom stereocenters. The van der Waals surface area contributed by atoms with E-state index in [1.807, 2.05) is 0 Å². The van der Waals surface area contributed by atoms with Crippen molar-refractivity contribution in [3.05, 3.63) is 0 Å². The van der Waals surface area contributed by atoms with Gasteiger partial charge in [-0.3, -0.25) is 4.90 Å². The largest absolute Gasteiger partial charge is 0.329 e. The summed E-state index contributed by atoms with van der Waals surface area (Å²) in [6.45, 7) is 11.3. The van der Waals surface area contributed by atoms with Crippen LogP contribution in [0.15, 0.2) is 0 Å². The van der Waals surface area contributed by atoms with Gasteiger partial charge in [-0.25, -0.2) is 0 Å². The second-order valence-electron chi connectivity index (χ2n) is 7.27. The van der Waals surface area contributed by atoms with Crippen LogP contribution in [0.25, 0.3) is 0 Å². The summed E-state index contributed by atoms with van der Waals surface area (Å²) in [6, 6.07) is 0. The van der Waals surface area contributed by atoms with E-state index in [0.29, 0.717) is 5.92 Å². The molecule has 19 heavy (non-hydrogen) atoms. The Balaban J connectivity index is 2.78. The normalized spacial score (nSPS) is 28.6. The van der Waals surface area contributed by atoms with Gasteiger partial charge in [-0.05, 0) is 38.8 Å². The zero-order chi connectivity index (χ0) is 14.5. The summed E-state index contributed by atoms with van der Waals surface area (Å²) in [5.41, 5.74) is 6.49. The van der Waals surface area contributed by atoms with Crippen LogP contribution >= 0.6 is 0 Å². The molecule has 0 heterocycles. The first-order valence-electron chi connectivity index (χ1n) is 7.99. The fourth-order valence-electron chi connectivity index (χ4n) is 3.52. The third-order valence-electron chi connectivity index (χ3n) is 4.52. The van der Waals surface area contributed by atoms with Gasteiger partial charge in [0.2, 0.25) is 0 Å². The molecule has 1 rings (SSSR count). The number of likely N-dealkylation sites (N-methyl/N-ethyl adjacent to an activating group) is 1. The van der Waals surface area contributed by atoms with Gasteiger partial charge in [0.25, 0.3) is 0 Å². The summed E-state index contributed by atoms with van der Waals surface area (Å²) in [4.78, 5) is 4.98. The lowest BCUT2D eigenvalue weighted by Crippen LogP contribution is -2.58. The SMILES string of the molecule is CC(C)CN(CCN(C)C)C1(CN)CCCC(C)C1. The first-order chi connectivity index (χ1) is 8.89. The van der Waals surface area contributed by atoms with E-state index in [-0.39, 0.29) is 5.54 Å². The van der Waals surface area contributed by atoms with Crippen LogP contribution in [0.5, 0.6) is 0 Å². The highest BCUT2D eigenvalue weighted by atomic mass is 15.2. The molecule has 114 valence electrons. The van der Waals surface area contributed by atoms with Gasteiger partial charge in [-0.2, -0.15) is 0 Å². The number of hydrogen-bond acceptors (Lipinski definition) is 3. The van der Waals surface area contributed by atoms with Crippen LogP contribution in [0.4, 0.5) is 0 Å². The summed E-state index contributed by atoms with van der Waals surface area (Å²) in [7, 11) is 4.32. The molecule has 0 aromatic carbocycles. The molecular weight excluding hydrogens is 234 g/mol. The number of rotatable bonds is 7. The zero-order valence-electron chi connectivity index (χ0n) is 13.8. The van der Waals surface area contributed by atoms with Crippen molar-refractivity contribution < 1.29 is 0 Å². The molecule has 1 aliphatic carbocycles. The predicted molar refractivity (Wildman–Crippen MR) is 84.4 cm³/mol. The summed E-state index contributed by atoms with van der Waals surface area (Å²) in [6.07, 6.45) is 5.29. The molecule has 3 nitrogen and oxygen atoms in total. The third-order valence-corrected chi connectivity index (χ3v) is 4.52. The number of nitrogens with two attached hydrogens (primary N) is 1. The standard InChI is InChI=1S/C16H35N3/c1-14(2)12-19(10-9-18(4)5)16(13-17)8-6-7-15(3)11-16/h14-15H,6-13,17H2,1-5H3. The average molecular weight is 269 g/mol. The van der Waals surface area contributed by atoms with Gasteiger partial charge in [-0.15, -0.1) is 0 Å². The minimum Gasteiger partial charge on any atom is -0.329 e. The molecule has 0 amide bonds. The maximum absolute atomic E-state index is 6.23. The van der Waals surface area contributed by atoms with E-state index in [0.717, 1.165) is 25.6 Å². The highest BCUT2D eigenvalue weighted by molar-refractivity contribution is 4.96. The van der Waals surface area contributed by atoms with Crippen LogP contribution in [0.1, 0.15) is 46.5 Å². The molecule has 2 atom stereocenters. The quantitative estimate of drug-likeness (QED) is 0.770. The highest BCUT2D eigenvalue weighted by Gasteiger charge is 2.38. The van der Waals surface area contributed by atoms with Crippen LogP contribution in [-0.2, 0) is 0 Å². The topological polar surface area (TPSA) is 32.5 Å². The Kier molecular flexibility index (Phi) is 6.78. The Morgan fingerprint density at radius 3 is 2.42 bits per heavy atom. The van der Waals surface area contributed by atoms with Crippen molar-refractivity contribution in [1.82, 2.24) is 9.80 Å². The van der Waals surface area contributed by atoms with Crippen molar-refractivity contribution in [3.63, 3.8) is 0 Å². The Bertz CT molecular complexity index is 252. The molecule has 0 aromatic heterocycles. The Morgan fingerprint density at radius 2 is 1.95 bits per heavy atom. The monoisotopic (exact) mass is 269 g/mol. The van der Waals surface area contributed by atoms with Gasteiger partial charge in [0.15, 0.2) is 0 Å². The molecule has 0 radical (unpaired) electrons. The van der Waals surface area contributed by atoms with Gasteiger partial charge < -0.3 is 10.6 Å². The molecule has 0 saturated heterocycles. The maximum atomic E-state index is 6.23. The molecular formula is C16H35N3. The molecule has 1 saturated carbocycles. The lowest BCUT2D eigenvalue weighted by atomic mass is 9.75. The predicted octanol–water partition coefficient (Wildman–Crippen LogP) is 2.41. The highest BCUT2D eigenvalue weighted by Crippen LogP contribution is 2.36. The molecule has 1 fully saturated rings. The first-order valence-corrected chi connectivity index (χ1v) is 7.99. The lowest BCUT2D eigenvalue weighted by molar-refractivity contribution is 0.0256. The summed E-state index contributed by atoms with van der Waals surface area (Å²) in [5.74, 6) is 1.54. The van der Waals surface area contributed by atoms with Crippen molar-refractivity contribution in [1.29, 1.82) is 0 Å². The maximum Gasteiger partial charge on any atom is 0.0334 e. The van der Waals surface area contributed by atoms with Crippen LogP contribution < -0.4 is 5.73 Å². The minimum absolute atomic E-state index is 0.262. The van der Waals surface area contributed by atoms with E-state index in [1.165, 1.54) is 32.2 Å².